The first-order chi connectivity index (χ1) is 8.60. The van der Waals surface area contributed by atoms with Gasteiger partial charge in [0, 0.05) is 13.1 Å². The summed E-state index contributed by atoms with van der Waals surface area (Å²) in [6, 6.07) is 0.170. The number of nitrogens with one attached hydrogen (secondary N) is 1. The molecule has 0 saturated heterocycles. The summed E-state index contributed by atoms with van der Waals surface area (Å²) >= 11 is 1.70. The lowest BCUT2D eigenvalue weighted by Gasteiger charge is -2.17. The molecule has 0 aromatic carbocycles. The van der Waals surface area contributed by atoms with Crippen LogP contribution in [0, 0.1) is 0 Å². The molecule has 0 aliphatic heterocycles. The topological polar surface area (TPSA) is 49.4 Å². The summed E-state index contributed by atoms with van der Waals surface area (Å²) in [5, 5.41) is 7.23. The highest BCUT2D eigenvalue weighted by molar-refractivity contribution is 7.08. The molecule has 1 aromatic rings. The molecular formula is C13H16N2O2S. The molecule has 1 heterocycles. The van der Waals surface area contributed by atoms with Gasteiger partial charge in [0.2, 0.25) is 11.8 Å². The van der Waals surface area contributed by atoms with Crippen molar-refractivity contribution in [1.82, 2.24) is 10.2 Å². The summed E-state index contributed by atoms with van der Waals surface area (Å²) in [6.07, 6.45) is 2.99. The molecule has 0 radical (unpaired) electrons. The van der Waals surface area contributed by atoms with Crippen molar-refractivity contribution < 1.29 is 9.59 Å². The lowest BCUT2D eigenvalue weighted by Crippen LogP contribution is -2.42. The maximum absolute atomic E-state index is 11.8. The van der Waals surface area contributed by atoms with Crippen LogP contribution in [0.4, 0.5) is 0 Å². The molecule has 0 bridgehead atoms. The largest absolute Gasteiger partial charge is 0.351 e. The Kier molecular flexibility index (Phi) is 3.81. The fourth-order valence-corrected chi connectivity index (χ4v) is 3.03. The Morgan fingerprint density at radius 3 is 2.67 bits per heavy atom. The van der Waals surface area contributed by atoms with Gasteiger partial charge in [-0.05, 0) is 40.8 Å². The van der Waals surface area contributed by atoms with Crippen molar-refractivity contribution in [3.8, 4) is 0 Å². The van der Waals surface area contributed by atoms with Crippen molar-refractivity contribution in [3.05, 3.63) is 34.5 Å². The molecule has 1 aliphatic rings. The summed E-state index contributed by atoms with van der Waals surface area (Å²) in [7, 11) is 1.59. The smallest absolute Gasteiger partial charge is 0.246 e. The van der Waals surface area contributed by atoms with E-state index in [1.165, 1.54) is 22.1 Å². The SMILES string of the molecule is C=CC(=O)N(C)CC(=O)NC1Cc2cscc2C1. The lowest BCUT2D eigenvalue weighted by molar-refractivity contribution is -0.131. The van der Waals surface area contributed by atoms with Crippen LogP contribution in [-0.2, 0) is 22.4 Å². The van der Waals surface area contributed by atoms with Gasteiger partial charge >= 0.3 is 0 Å². The fraction of sp³-hybridized carbons (Fsp3) is 0.385. The van der Waals surface area contributed by atoms with E-state index in [0.717, 1.165) is 12.8 Å². The van der Waals surface area contributed by atoms with E-state index in [1.54, 1.807) is 18.4 Å². The zero-order valence-corrected chi connectivity index (χ0v) is 11.1. The average molecular weight is 264 g/mol. The summed E-state index contributed by atoms with van der Waals surface area (Å²) in [5.41, 5.74) is 2.67. The van der Waals surface area contributed by atoms with Crippen molar-refractivity contribution >= 4 is 23.2 Å². The van der Waals surface area contributed by atoms with Crippen LogP contribution in [-0.4, -0.2) is 36.3 Å². The molecule has 2 amide bonds. The molecule has 0 unspecified atom stereocenters. The van der Waals surface area contributed by atoms with Crippen LogP contribution in [0.5, 0.6) is 0 Å². The van der Waals surface area contributed by atoms with E-state index in [-0.39, 0.29) is 24.4 Å². The quantitative estimate of drug-likeness (QED) is 0.824. The van der Waals surface area contributed by atoms with E-state index in [2.05, 4.69) is 22.7 Å². The molecule has 2 rings (SSSR count). The molecule has 18 heavy (non-hydrogen) atoms. The summed E-state index contributed by atoms with van der Waals surface area (Å²) in [6.45, 7) is 3.47. The first-order valence-electron chi connectivity index (χ1n) is 5.81. The number of hydrogen-bond acceptors (Lipinski definition) is 3. The van der Waals surface area contributed by atoms with E-state index in [0.29, 0.717) is 0 Å². The van der Waals surface area contributed by atoms with E-state index >= 15 is 0 Å². The molecule has 96 valence electrons. The van der Waals surface area contributed by atoms with Crippen LogP contribution in [0.25, 0.3) is 0 Å². The predicted molar refractivity (Wildman–Crippen MR) is 71.5 cm³/mol. The molecular weight excluding hydrogens is 248 g/mol. The van der Waals surface area contributed by atoms with Crippen LogP contribution >= 0.6 is 11.3 Å². The monoisotopic (exact) mass is 264 g/mol. The van der Waals surface area contributed by atoms with Crippen LogP contribution in [0.15, 0.2) is 23.4 Å². The van der Waals surface area contributed by atoms with Crippen LogP contribution < -0.4 is 5.32 Å². The average Bonchev–Trinajstić information content (AvgIpc) is 2.87. The molecule has 0 spiro atoms. The summed E-state index contributed by atoms with van der Waals surface area (Å²) in [4.78, 5) is 24.4. The van der Waals surface area contributed by atoms with E-state index in [4.69, 9.17) is 0 Å². The standard InChI is InChI=1S/C13H16N2O2S/c1-3-13(17)15(2)6-12(16)14-11-4-9-7-18-8-10(9)5-11/h3,7-8,11H,1,4-6H2,2H3,(H,14,16). The third-order valence-corrected chi connectivity index (χ3v) is 3.90. The van der Waals surface area contributed by atoms with Gasteiger partial charge in [0.1, 0.15) is 0 Å². The highest BCUT2D eigenvalue weighted by Gasteiger charge is 2.23. The van der Waals surface area contributed by atoms with Gasteiger partial charge in [-0.1, -0.05) is 6.58 Å². The number of rotatable bonds is 4. The van der Waals surface area contributed by atoms with E-state index in [1.807, 2.05) is 0 Å². The first kappa shape index (κ1) is 12.8. The van der Waals surface area contributed by atoms with Crippen molar-refractivity contribution in [1.29, 1.82) is 0 Å². The predicted octanol–water partition coefficient (Wildman–Crippen LogP) is 0.976. The Morgan fingerprint density at radius 1 is 1.50 bits per heavy atom. The third-order valence-electron chi connectivity index (χ3n) is 3.06. The molecule has 5 heteroatoms. The lowest BCUT2D eigenvalue weighted by atomic mass is 10.2. The normalized spacial score (nSPS) is 14.1. The number of thiophene rings is 1. The molecule has 0 saturated carbocycles. The Morgan fingerprint density at radius 2 is 2.11 bits per heavy atom. The molecule has 1 aromatic heterocycles. The van der Waals surface area contributed by atoms with Crippen LogP contribution in [0.2, 0.25) is 0 Å². The highest BCUT2D eigenvalue weighted by atomic mass is 32.1. The number of hydrogen-bond donors (Lipinski definition) is 1. The Hall–Kier alpha value is -1.62. The second kappa shape index (κ2) is 5.35. The zero-order chi connectivity index (χ0) is 13.1. The Labute approximate surface area is 110 Å². The molecule has 1 N–H and O–H groups in total. The molecule has 0 fully saturated rings. The van der Waals surface area contributed by atoms with Crippen molar-refractivity contribution in [2.24, 2.45) is 0 Å². The fourth-order valence-electron chi connectivity index (χ4n) is 2.14. The van der Waals surface area contributed by atoms with Crippen molar-refractivity contribution in [3.63, 3.8) is 0 Å². The van der Waals surface area contributed by atoms with Gasteiger partial charge in [0.05, 0.1) is 6.54 Å². The molecule has 0 atom stereocenters. The first-order valence-corrected chi connectivity index (χ1v) is 6.75. The number of carbonyl (C=O) groups excluding carboxylic acids is 2. The minimum atomic E-state index is -0.241. The number of amides is 2. The van der Waals surface area contributed by atoms with Gasteiger partial charge in [-0.15, -0.1) is 0 Å². The number of likely N-dealkylation sites (N-methyl/N-ethyl adjacent to an activating group) is 1. The van der Waals surface area contributed by atoms with Gasteiger partial charge < -0.3 is 10.2 Å². The van der Waals surface area contributed by atoms with Crippen molar-refractivity contribution in [2.75, 3.05) is 13.6 Å². The van der Waals surface area contributed by atoms with Crippen LogP contribution in [0.1, 0.15) is 11.1 Å². The minimum absolute atomic E-state index is 0.0776. The van der Waals surface area contributed by atoms with E-state index < -0.39 is 0 Å². The van der Waals surface area contributed by atoms with Gasteiger partial charge in [0.15, 0.2) is 0 Å². The van der Waals surface area contributed by atoms with Gasteiger partial charge in [0.25, 0.3) is 0 Å². The molecule has 4 nitrogen and oxygen atoms in total. The minimum Gasteiger partial charge on any atom is -0.351 e. The third kappa shape index (κ3) is 2.79. The van der Waals surface area contributed by atoms with E-state index in [9.17, 15) is 9.59 Å². The Balaban J connectivity index is 1.81. The van der Waals surface area contributed by atoms with Gasteiger partial charge in [-0.3, -0.25) is 9.59 Å². The molecule has 1 aliphatic carbocycles. The van der Waals surface area contributed by atoms with Gasteiger partial charge in [-0.2, -0.15) is 11.3 Å². The maximum atomic E-state index is 11.8. The van der Waals surface area contributed by atoms with Crippen molar-refractivity contribution in [2.45, 2.75) is 18.9 Å². The summed E-state index contributed by atoms with van der Waals surface area (Å²) in [5.74, 6) is -0.359. The second-order valence-electron chi connectivity index (χ2n) is 4.49. The number of fused-ring (bicyclic) bond motifs is 1. The summed E-state index contributed by atoms with van der Waals surface area (Å²) < 4.78 is 0. The highest BCUT2D eigenvalue weighted by Crippen LogP contribution is 2.25. The maximum Gasteiger partial charge on any atom is 0.246 e. The van der Waals surface area contributed by atoms with Crippen LogP contribution in [0.3, 0.4) is 0 Å². The van der Waals surface area contributed by atoms with Gasteiger partial charge in [-0.25, -0.2) is 0 Å². The second-order valence-corrected chi connectivity index (χ2v) is 5.24. The Bertz CT molecular complexity index is 461. The number of nitrogens with zero attached hydrogens (tertiary/aromatic N) is 1. The number of carbonyl (C=O) groups is 2. The zero-order valence-electron chi connectivity index (χ0n) is 10.3.